The number of aromatic amines is 1. The van der Waals surface area contributed by atoms with Crippen LogP contribution >= 0.6 is 0 Å². The molecule has 0 saturated carbocycles. The fourth-order valence-corrected chi connectivity index (χ4v) is 3.59. The third-order valence-electron chi connectivity index (χ3n) is 5.21. The average Bonchev–Trinajstić information content (AvgIpc) is 3.04. The second-order valence-corrected chi connectivity index (χ2v) is 7.18. The molecule has 1 amide bonds. The Morgan fingerprint density at radius 2 is 1.89 bits per heavy atom. The zero-order valence-electron chi connectivity index (χ0n) is 15.3. The van der Waals surface area contributed by atoms with Gasteiger partial charge in [0, 0.05) is 23.4 Å². The van der Waals surface area contributed by atoms with Crippen LogP contribution < -0.4 is 5.32 Å². The first-order valence-corrected chi connectivity index (χ1v) is 9.08. The lowest BCUT2D eigenvalue weighted by Gasteiger charge is -2.27. The highest BCUT2D eigenvalue weighted by atomic mass is 19.1. The van der Waals surface area contributed by atoms with Gasteiger partial charge in [-0.25, -0.2) is 8.78 Å². The summed E-state index contributed by atoms with van der Waals surface area (Å²) in [6.07, 6.45) is 1.56. The van der Waals surface area contributed by atoms with E-state index in [2.05, 4.69) is 20.4 Å². The first kappa shape index (κ1) is 18.4. The maximum Gasteiger partial charge on any atom is 0.228 e. The molecule has 0 bridgehead atoms. The molecule has 0 atom stereocenters. The van der Waals surface area contributed by atoms with Crippen LogP contribution in [0.3, 0.4) is 0 Å². The lowest BCUT2D eigenvalue weighted by Crippen LogP contribution is -2.36. The predicted octanol–water partition coefficient (Wildman–Crippen LogP) is 3.49. The van der Waals surface area contributed by atoms with Crippen LogP contribution in [-0.4, -0.2) is 46.2 Å². The number of phenolic OH excluding ortho intramolecular Hbond substituents is 1. The standard InChI is InChI=1S/C20H20F2N4O2/c1-26-6-4-11(5-7-26)20(28)23-19-14-8-12(2-3-17(14)24-25-19)18-15(21)9-13(27)10-16(18)22/h2-3,8-11,27H,4-7H2,1H3,(H2,23,24,25,28). The van der Waals surface area contributed by atoms with Crippen LogP contribution in [0, 0.1) is 17.6 Å². The molecule has 1 aromatic heterocycles. The molecular weight excluding hydrogens is 366 g/mol. The van der Waals surface area contributed by atoms with E-state index in [0.29, 0.717) is 22.3 Å². The van der Waals surface area contributed by atoms with Crippen molar-refractivity contribution in [1.29, 1.82) is 0 Å². The Bertz CT molecular complexity index is 1020. The van der Waals surface area contributed by atoms with Crippen LogP contribution in [0.4, 0.5) is 14.6 Å². The maximum absolute atomic E-state index is 14.2. The van der Waals surface area contributed by atoms with Gasteiger partial charge in [-0.15, -0.1) is 0 Å². The van der Waals surface area contributed by atoms with Gasteiger partial charge in [-0.3, -0.25) is 9.89 Å². The number of aromatic hydroxyl groups is 1. The van der Waals surface area contributed by atoms with Gasteiger partial charge < -0.3 is 15.3 Å². The molecule has 0 spiro atoms. The summed E-state index contributed by atoms with van der Waals surface area (Å²) in [5, 5.41) is 19.7. The quantitative estimate of drug-likeness (QED) is 0.644. The summed E-state index contributed by atoms with van der Waals surface area (Å²) in [6, 6.07) is 6.50. The van der Waals surface area contributed by atoms with Crippen LogP contribution in [0.15, 0.2) is 30.3 Å². The number of carbonyl (C=O) groups is 1. The van der Waals surface area contributed by atoms with Gasteiger partial charge in [-0.1, -0.05) is 6.07 Å². The second-order valence-electron chi connectivity index (χ2n) is 7.18. The Balaban J connectivity index is 1.65. The number of likely N-dealkylation sites (tertiary alicyclic amines) is 1. The summed E-state index contributed by atoms with van der Waals surface area (Å²) < 4.78 is 28.4. The molecule has 4 rings (SSSR count). The second kappa shape index (κ2) is 7.20. The molecule has 0 unspecified atom stereocenters. The molecule has 0 radical (unpaired) electrons. The number of halogens is 2. The average molecular weight is 386 g/mol. The number of aromatic nitrogens is 2. The van der Waals surface area contributed by atoms with Crippen LogP contribution in [-0.2, 0) is 4.79 Å². The summed E-state index contributed by atoms with van der Waals surface area (Å²) in [5.74, 6) is -2.06. The van der Waals surface area contributed by atoms with E-state index in [1.54, 1.807) is 18.2 Å². The molecule has 3 N–H and O–H groups in total. The van der Waals surface area contributed by atoms with Gasteiger partial charge in [0.05, 0.1) is 11.1 Å². The molecule has 1 aliphatic heterocycles. The lowest BCUT2D eigenvalue weighted by molar-refractivity contribution is -0.121. The number of H-pyrrole nitrogens is 1. The molecule has 6 nitrogen and oxygen atoms in total. The summed E-state index contributed by atoms with van der Waals surface area (Å²) in [7, 11) is 2.03. The first-order chi connectivity index (χ1) is 13.4. The van der Waals surface area contributed by atoms with Crippen molar-refractivity contribution in [2.75, 3.05) is 25.5 Å². The minimum atomic E-state index is -0.864. The number of amides is 1. The van der Waals surface area contributed by atoms with Crippen LogP contribution in [0.25, 0.3) is 22.0 Å². The normalized spacial score (nSPS) is 15.8. The highest BCUT2D eigenvalue weighted by molar-refractivity contribution is 6.01. The Kier molecular flexibility index (Phi) is 4.72. The molecule has 3 aromatic rings. The number of phenols is 1. The number of carbonyl (C=O) groups excluding carboxylic acids is 1. The summed E-state index contributed by atoms with van der Waals surface area (Å²) in [5.41, 5.74) is 0.689. The van der Waals surface area contributed by atoms with E-state index in [1.165, 1.54) is 0 Å². The van der Waals surface area contributed by atoms with E-state index in [9.17, 15) is 18.7 Å². The molecule has 8 heteroatoms. The minimum absolute atomic E-state index is 0.0851. The molecule has 146 valence electrons. The van der Waals surface area contributed by atoms with Crippen molar-refractivity contribution in [2.45, 2.75) is 12.8 Å². The highest BCUT2D eigenvalue weighted by Crippen LogP contribution is 2.33. The van der Waals surface area contributed by atoms with Gasteiger partial charge in [-0.05, 0) is 50.7 Å². The Morgan fingerprint density at radius 3 is 2.57 bits per heavy atom. The fourth-order valence-electron chi connectivity index (χ4n) is 3.59. The minimum Gasteiger partial charge on any atom is -0.508 e. The number of fused-ring (bicyclic) bond motifs is 1. The Morgan fingerprint density at radius 1 is 1.21 bits per heavy atom. The van der Waals surface area contributed by atoms with Gasteiger partial charge in [-0.2, -0.15) is 5.10 Å². The third-order valence-corrected chi connectivity index (χ3v) is 5.21. The van der Waals surface area contributed by atoms with E-state index in [0.717, 1.165) is 38.1 Å². The van der Waals surface area contributed by atoms with Crippen LogP contribution in [0.2, 0.25) is 0 Å². The Labute approximate surface area is 160 Å². The van der Waals surface area contributed by atoms with Gasteiger partial charge in [0.25, 0.3) is 0 Å². The number of anilines is 1. The van der Waals surface area contributed by atoms with E-state index >= 15 is 0 Å². The van der Waals surface area contributed by atoms with Crippen molar-refractivity contribution in [3.8, 4) is 16.9 Å². The molecule has 2 aromatic carbocycles. The number of hydrogen-bond acceptors (Lipinski definition) is 4. The Hall–Kier alpha value is -3.00. The fraction of sp³-hybridized carbons (Fsp3) is 0.300. The molecular formula is C20H20F2N4O2. The molecule has 2 heterocycles. The summed E-state index contributed by atoms with van der Waals surface area (Å²) >= 11 is 0. The van der Waals surface area contributed by atoms with Gasteiger partial charge in [0.1, 0.15) is 17.4 Å². The van der Waals surface area contributed by atoms with Crippen molar-refractivity contribution in [3.05, 3.63) is 42.0 Å². The van der Waals surface area contributed by atoms with Crippen molar-refractivity contribution >= 4 is 22.6 Å². The largest absolute Gasteiger partial charge is 0.508 e. The molecule has 0 aliphatic carbocycles. The number of benzene rings is 2. The van der Waals surface area contributed by atoms with E-state index in [-0.39, 0.29) is 17.4 Å². The van der Waals surface area contributed by atoms with Crippen LogP contribution in [0.5, 0.6) is 5.75 Å². The summed E-state index contributed by atoms with van der Waals surface area (Å²) in [4.78, 5) is 14.8. The first-order valence-electron chi connectivity index (χ1n) is 9.08. The van der Waals surface area contributed by atoms with E-state index < -0.39 is 17.4 Å². The SMILES string of the molecule is CN1CCC(C(=O)Nc2n[nH]c3ccc(-c4c(F)cc(O)cc4F)cc23)CC1. The number of nitrogens with one attached hydrogen (secondary N) is 2. The summed E-state index contributed by atoms with van der Waals surface area (Å²) in [6.45, 7) is 1.73. The molecule has 28 heavy (non-hydrogen) atoms. The predicted molar refractivity (Wildman–Crippen MR) is 102 cm³/mol. The monoisotopic (exact) mass is 386 g/mol. The van der Waals surface area contributed by atoms with Crippen molar-refractivity contribution in [2.24, 2.45) is 5.92 Å². The number of rotatable bonds is 3. The van der Waals surface area contributed by atoms with Crippen molar-refractivity contribution in [1.82, 2.24) is 15.1 Å². The van der Waals surface area contributed by atoms with E-state index in [4.69, 9.17) is 0 Å². The van der Waals surface area contributed by atoms with Gasteiger partial charge in [0.2, 0.25) is 5.91 Å². The number of piperidine rings is 1. The van der Waals surface area contributed by atoms with Crippen LogP contribution in [0.1, 0.15) is 12.8 Å². The molecule has 1 saturated heterocycles. The number of hydrogen-bond donors (Lipinski definition) is 3. The highest BCUT2D eigenvalue weighted by Gasteiger charge is 2.24. The maximum atomic E-state index is 14.2. The molecule has 1 aliphatic rings. The number of nitrogens with zero attached hydrogens (tertiary/aromatic N) is 2. The van der Waals surface area contributed by atoms with Crippen molar-refractivity contribution < 1.29 is 18.7 Å². The zero-order chi connectivity index (χ0) is 19.8. The topological polar surface area (TPSA) is 81.2 Å². The van der Waals surface area contributed by atoms with Gasteiger partial charge in [0.15, 0.2) is 5.82 Å². The van der Waals surface area contributed by atoms with E-state index in [1.807, 2.05) is 7.05 Å². The smallest absolute Gasteiger partial charge is 0.228 e. The zero-order valence-corrected chi connectivity index (χ0v) is 15.3. The van der Waals surface area contributed by atoms with Crippen molar-refractivity contribution in [3.63, 3.8) is 0 Å². The molecule has 1 fully saturated rings. The third kappa shape index (κ3) is 3.43. The lowest BCUT2D eigenvalue weighted by atomic mass is 9.96. The van der Waals surface area contributed by atoms with Gasteiger partial charge >= 0.3 is 0 Å².